The fraction of sp³-hybridized carbons (Fsp3) is 0.286. The highest BCUT2D eigenvalue weighted by Crippen LogP contribution is 2.18. The molecule has 2 aromatic rings. The predicted molar refractivity (Wildman–Crippen MR) is 78.6 cm³/mol. The highest BCUT2D eigenvalue weighted by atomic mass is 35.5. The van der Waals surface area contributed by atoms with Gasteiger partial charge in [-0.3, -0.25) is 4.98 Å². The summed E-state index contributed by atoms with van der Waals surface area (Å²) in [7, 11) is 1.63. The minimum absolute atomic E-state index is 0.0239. The summed E-state index contributed by atoms with van der Waals surface area (Å²) < 4.78 is 10.9. The molecule has 0 radical (unpaired) electrons. The summed E-state index contributed by atoms with van der Waals surface area (Å²) in [6, 6.07) is 7.46. The van der Waals surface area contributed by atoms with E-state index in [2.05, 4.69) is 15.3 Å². The standard InChI is InChI=1S/C14H16ClN3O2/c1-10(7-17-14-9-16-8-13(15)18-14)20-12-5-3-11(19-2)4-6-12/h3-6,8-10H,7H2,1-2H3,(H,17,18). The number of anilines is 1. The topological polar surface area (TPSA) is 56.3 Å². The molecule has 0 spiro atoms. The zero-order chi connectivity index (χ0) is 14.4. The quantitative estimate of drug-likeness (QED) is 0.887. The maximum atomic E-state index is 5.77. The number of nitrogens with one attached hydrogen (secondary N) is 1. The van der Waals surface area contributed by atoms with Crippen molar-refractivity contribution in [1.82, 2.24) is 9.97 Å². The van der Waals surface area contributed by atoms with E-state index < -0.39 is 0 Å². The van der Waals surface area contributed by atoms with Gasteiger partial charge in [-0.2, -0.15) is 0 Å². The average Bonchev–Trinajstić information content (AvgIpc) is 2.46. The van der Waals surface area contributed by atoms with E-state index in [0.29, 0.717) is 17.5 Å². The summed E-state index contributed by atoms with van der Waals surface area (Å²) in [5, 5.41) is 3.48. The first-order chi connectivity index (χ1) is 9.67. The van der Waals surface area contributed by atoms with Crippen LogP contribution in [0.15, 0.2) is 36.7 Å². The monoisotopic (exact) mass is 293 g/mol. The molecule has 2 rings (SSSR count). The van der Waals surface area contributed by atoms with Crippen LogP contribution in [0.3, 0.4) is 0 Å². The Kier molecular flexibility index (Phi) is 5.01. The molecule has 0 saturated carbocycles. The van der Waals surface area contributed by atoms with Gasteiger partial charge in [0.25, 0.3) is 0 Å². The number of halogens is 1. The van der Waals surface area contributed by atoms with Crippen molar-refractivity contribution >= 4 is 17.4 Å². The summed E-state index contributed by atoms with van der Waals surface area (Å²) in [5.41, 5.74) is 0. The summed E-state index contributed by atoms with van der Waals surface area (Å²) in [4.78, 5) is 8.05. The molecule has 5 nitrogen and oxygen atoms in total. The van der Waals surface area contributed by atoms with E-state index >= 15 is 0 Å². The van der Waals surface area contributed by atoms with Crippen LogP contribution in [0.1, 0.15) is 6.92 Å². The summed E-state index contributed by atoms with van der Waals surface area (Å²) in [6.07, 6.45) is 3.08. The van der Waals surface area contributed by atoms with Crippen LogP contribution in [-0.4, -0.2) is 29.7 Å². The third-order valence-corrected chi connectivity index (χ3v) is 2.75. The van der Waals surface area contributed by atoms with E-state index in [0.717, 1.165) is 11.5 Å². The minimum Gasteiger partial charge on any atom is -0.497 e. The van der Waals surface area contributed by atoms with Gasteiger partial charge >= 0.3 is 0 Å². The predicted octanol–water partition coefficient (Wildman–Crippen LogP) is 3.02. The number of nitrogens with zero attached hydrogens (tertiary/aromatic N) is 2. The smallest absolute Gasteiger partial charge is 0.149 e. The van der Waals surface area contributed by atoms with E-state index in [9.17, 15) is 0 Å². The molecule has 1 unspecified atom stereocenters. The number of rotatable bonds is 6. The molecular formula is C14H16ClN3O2. The van der Waals surface area contributed by atoms with Crippen LogP contribution >= 0.6 is 11.6 Å². The lowest BCUT2D eigenvalue weighted by atomic mass is 10.3. The van der Waals surface area contributed by atoms with E-state index in [4.69, 9.17) is 21.1 Å². The first-order valence-electron chi connectivity index (χ1n) is 6.19. The second kappa shape index (κ2) is 6.96. The Labute approximate surface area is 122 Å². The lowest BCUT2D eigenvalue weighted by molar-refractivity contribution is 0.234. The van der Waals surface area contributed by atoms with Crippen LogP contribution in [-0.2, 0) is 0 Å². The molecule has 1 aromatic heterocycles. The van der Waals surface area contributed by atoms with Gasteiger partial charge in [-0.1, -0.05) is 11.6 Å². The normalized spacial score (nSPS) is 11.8. The Morgan fingerprint density at radius 3 is 2.55 bits per heavy atom. The molecule has 0 aliphatic heterocycles. The minimum atomic E-state index is -0.0239. The Balaban J connectivity index is 1.84. The number of hydrogen-bond acceptors (Lipinski definition) is 5. The van der Waals surface area contributed by atoms with Gasteiger partial charge in [-0.15, -0.1) is 0 Å². The lowest BCUT2D eigenvalue weighted by Crippen LogP contribution is -2.23. The summed E-state index contributed by atoms with van der Waals surface area (Å²) in [5.74, 6) is 2.22. The number of aromatic nitrogens is 2. The van der Waals surface area contributed by atoms with Crippen molar-refractivity contribution < 1.29 is 9.47 Å². The van der Waals surface area contributed by atoms with Crippen LogP contribution in [0.2, 0.25) is 5.15 Å². The molecule has 0 bridgehead atoms. The molecule has 1 aromatic carbocycles. The van der Waals surface area contributed by atoms with Gasteiger partial charge in [0.05, 0.1) is 26.0 Å². The number of ether oxygens (including phenoxy) is 2. The molecule has 106 valence electrons. The van der Waals surface area contributed by atoms with Gasteiger partial charge in [-0.25, -0.2) is 4.98 Å². The fourth-order valence-corrected chi connectivity index (χ4v) is 1.75. The molecule has 0 aliphatic rings. The van der Waals surface area contributed by atoms with Crippen molar-refractivity contribution in [3.8, 4) is 11.5 Å². The van der Waals surface area contributed by atoms with Gasteiger partial charge in [-0.05, 0) is 31.2 Å². The van der Waals surface area contributed by atoms with Crippen molar-refractivity contribution in [3.05, 3.63) is 41.8 Å². The second-order valence-corrected chi connectivity index (χ2v) is 4.60. The molecule has 20 heavy (non-hydrogen) atoms. The highest BCUT2D eigenvalue weighted by Gasteiger charge is 2.05. The van der Waals surface area contributed by atoms with E-state index in [1.165, 1.54) is 6.20 Å². The Bertz CT molecular complexity index is 548. The van der Waals surface area contributed by atoms with Crippen molar-refractivity contribution in [2.75, 3.05) is 19.0 Å². The maximum Gasteiger partial charge on any atom is 0.149 e. The van der Waals surface area contributed by atoms with Gasteiger partial charge in [0.2, 0.25) is 0 Å². The van der Waals surface area contributed by atoms with Gasteiger partial charge in [0.1, 0.15) is 28.6 Å². The molecule has 6 heteroatoms. The SMILES string of the molecule is COc1ccc(OC(C)CNc2cncc(Cl)n2)cc1. The van der Waals surface area contributed by atoms with Gasteiger partial charge in [0.15, 0.2) is 0 Å². The molecule has 1 heterocycles. The molecule has 0 fully saturated rings. The van der Waals surface area contributed by atoms with Crippen molar-refractivity contribution in [1.29, 1.82) is 0 Å². The van der Waals surface area contributed by atoms with Crippen LogP contribution in [0.5, 0.6) is 11.5 Å². The molecule has 1 N–H and O–H groups in total. The first-order valence-corrected chi connectivity index (χ1v) is 6.57. The Morgan fingerprint density at radius 1 is 1.20 bits per heavy atom. The van der Waals surface area contributed by atoms with E-state index in [1.807, 2.05) is 31.2 Å². The zero-order valence-corrected chi connectivity index (χ0v) is 12.1. The third kappa shape index (κ3) is 4.28. The third-order valence-electron chi connectivity index (χ3n) is 2.57. The molecule has 0 aliphatic carbocycles. The van der Waals surface area contributed by atoms with E-state index in [-0.39, 0.29) is 6.10 Å². The fourth-order valence-electron chi connectivity index (χ4n) is 1.60. The molecular weight excluding hydrogens is 278 g/mol. The van der Waals surface area contributed by atoms with Crippen molar-refractivity contribution in [2.24, 2.45) is 0 Å². The zero-order valence-electron chi connectivity index (χ0n) is 11.3. The van der Waals surface area contributed by atoms with Crippen molar-refractivity contribution in [2.45, 2.75) is 13.0 Å². The highest BCUT2D eigenvalue weighted by molar-refractivity contribution is 6.29. The van der Waals surface area contributed by atoms with Crippen LogP contribution < -0.4 is 14.8 Å². The average molecular weight is 294 g/mol. The molecule has 0 amide bonds. The van der Waals surface area contributed by atoms with E-state index in [1.54, 1.807) is 13.3 Å². The summed E-state index contributed by atoms with van der Waals surface area (Å²) >= 11 is 5.76. The van der Waals surface area contributed by atoms with Crippen molar-refractivity contribution in [3.63, 3.8) is 0 Å². The number of methoxy groups -OCH3 is 1. The number of hydrogen-bond donors (Lipinski definition) is 1. The Morgan fingerprint density at radius 2 is 1.90 bits per heavy atom. The van der Waals surface area contributed by atoms with Crippen LogP contribution in [0.4, 0.5) is 5.82 Å². The first kappa shape index (κ1) is 14.4. The Hall–Kier alpha value is -2.01. The van der Waals surface area contributed by atoms with Crippen LogP contribution in [0.25, 0.3) is 0 Å². The van der Waals surface area contributed by atoms with Gasteiger partial charge in [0, 0.05) is 0 Å². The largest absolute Gasteiger partial charge is 0.497 e. The maximum absolute atomic E-state index is 5.77. The molecule has 1 atom stereocenters. The second-order valence-electron chi connectivity index (χ2n) is 4.21. The summed E-state index contributed by atoms with van der Waals surface area (Å²) in [6.45, 7) is 2.57. The van der Waals surface area contributed by atoms with Crippen LogP contribution in [0, 0.1) is 0 Å². The number of benzene rings is 1. The molecule has 0 saturated heterocycles. The lowest BCUT2D eigenvalue weighted by Gasteiger charge is -2.16. The van der Waals surface area contributed by atoms with Gasteiger partial charge < -0.3 is 14.8 Å².